The maximum atomic E-state index is 12.3. The van der Waals surface area contributed by atoms with Crippen LogP contribution < -0.4 is 24.2 Å². The first-order valence-electron chi connectivity index (χ1n) is 9.71. The second-order valence-corrected chi connectivity index (χ2v) is 8.72. The third kappa shape index (κ3) is 7.02. The van der Waals surface area contributed by atoms with Crippen molar-refractivity contribution in [1.29, 1.82) is 0 Å². The number of carbonyl (C=O) groups is 1. The molecule has 31 heavy (non-hydrogen) atoms. The molecular formula is C21H27ClN2O6S. The highest BCUT2D eigenvalue weighted by Crippen LogP contribution is 2.29. The van der Waals surface area contributed by atoms with Crippen LogP contribution in [0.25, 0.3) is 0 Å². The van der Waals surface area contributed by atoms with Crippen molar-refractivity contribution in [3.8, 4) is 17.2 Å². The molecule has 0 atom stereocenters. The Labute approximate surface area is 187 Å². The van der Waals surface area contributed by atoms with Crippen LogP contribution in [0.4, 0.5) is 0 Å². The number of ether oxygens (including phenoxy) is 3. The van der Waals surface area contributed by atoms with E-state index in [0.717, 1.165) is 12.8 Å². The minimum atomic E-state index is -3.65. The molecule has 0 aromatic heterocycles. The molecule has 1 amide bonds. The number of nitrogens with one attached hydrogen (secondary N) is 2. The first kappa shape index (κ1) is 24.8. The van der Waals surface area contributed by atoms with Gasteiger partial charge in [-0.25, -0.2) is 13.1 Å². The van der Waals surface area contributed by atoms with E-state index >= 15 is 0 Å². The number of hydrogen-bond donors (Lipinski definition) is 2. The van der Waals surface area contributed by atoms with Crippen molar-refractivity contribution in [2.45, 2.75) is 31.2 Å². The second-order valence-electron chi connectivity index (χ2n) is 6.55. The molecule has 0 saturated heterocycles. The highest BCUT2D eigenvalue weighted by Gasteiger charge is 2.16. The average Bonchev–Trinajstić information content (AvgIpc) is 2.76. The van der Waals surface area contributed by atoms with Gasteiger partial charge >= 0.3 is 0 Å². The molecule has 0 fully saturated rings. The summed E-state index contributed by atoms with van der Waals surface area (Å²) in [6, 6.07) is 9.43. The molecule has 2 rings (SSSR count). The lowest BCUT2D eigenvalue weighted by Crippen LogP contribution is -2.28. The van der Waals surface area contributed by atoms with Gasteiger partial charge in [-0.05, 0) is 36.8 Å². The van der Waals surface area contributed by atoms with E-state index in [1.54, 1.807) is 18.2 Å². The third-order valence-electron chi connectivity index (χ3n) is 4.39. The first-order chi connectivity index (χ1) is 14.8. The van der Waals surface area contributed by atoms with Gasteiger partial charge in [0.1, 0.15) is 17.2 Å². The average molecular weight is 471 g/mol. The predicted octanol–water partition coefficient (Wildman–Crippen LogP) is 3.13. The summed E-state index contributed by atoms with van der Waals surface area (Å²) in [7, 11) is -0.576. The van der Waals surface area contributed by atoms with E-state index in [4.69, 9.17) is 25.8 Å². The zero-order chi connectivity index (χ0) is 22.9. The van der Waals surface area contributed by atoms with Crippen molar-refractivity contribution in [1.82, 2.24) is 10.0 Å². The number of sulfonamides is 1. The highest BCUT2D eigenvalue weighted by atomic mass is 35.5. The lowest BCUT2D eigenvalue weighted by molar-refractivity contribution is -0.123. The van der Waals surface area contributed by atoms with E-state index < -0.39 is 10.0 Å². The van der Waals surface area contributed by atoms with Crippen molar-refractivity contribution < 1.29 is 27.4 Å². The standard InChI is InChI=1S/C21H27ClN2O6S/c1-4-5-11-24-31(26,27)15-9-10-20(17(22)12-15)30-14-21(25)23-13-16-18(28-2)7-6-8-19(16)29-3/h6-10,12,24H,4-5,11,13-14H2,1-3H3,(H,23,25). The fourth-order valence-corrected chi connectivity index (χ4v) is 4.12. The van der Waals surface area contributed by atoms with Gasteiger partial charge in [-0.1, -0.05) is 31.0 Å². The minimum Gasteiger partial charge on any atom is -0.496 e. The van der Waals surface area contributed by atoms with Crippen LogP contribution in [0.15, 0.2) is 41.3 Å². The quantitative estimate of drug-likeness (QED) is 0.462. The number of carbonyl (C=O) groups excluding carboxylic acids is 1. The van der Waals surface area contributed by atoms with Crippen molar-refractivity contribution in [3.05, 3.63) is 47.0 Å². The first-order valence-corrected chi connectivity index (χ1v) is 11.6. The molecular weight excluding hydrogens is 444 g/mol. The number of halogens is 1. The smallest absolute Gasteiger partial charge is 0.258 e. The Kier molecular flexibility index (Phi) is 9.42. The van der Waals surface area contributed by atoms with E-state index in [-0.39, 0.29) is 34.7 Å². The molecule has 2 aromatic rings. The van der Waals surface area contributed by atoms with Gasteiger partial charge in [0.2, 0.25) is 10.0 Å². The molecule has 0 aliphatic carbocycles. The number of rotatable bonds is 12. The normalized spacial score (nSPS) is 11.1. The van der Waals surface area contributed by atoms with Crippen LogP contribution in [0.3, 0.4) is 0 Å². The fourth-order valence-electron chi connectivity index (χ4n) is 2.72. The van der Waals surface area contributed by atoms with Crippen LogP contribution in [-0.4, -0.2) is 41.7 Å². The Morgan fingerprint density at radius 2 is 1.74 bits per heavy atom. The third-order valence-corrected chi connectivity index (χ3v) is 6.14. The van der Waals surface area contributed by atoms with Gasteiger partial charge < -0.3 is 19.5 Å². The number of unbranched alkanes of at least 4 members (excludes halogenated alkanes) is 1. The molecule has 2 aromatic carbocycles. The Balaban J connectivity index is 1.96. The molecule has 0 unspecified atom stereocenters. The highest BCUT2D eigenvalue weighted by molar-refractivity contribution is 7.89. The lowest BCUT2D eigenvalue weighted by Gasteiger charge is -2.14. The number of amides is 1. The van der Waals surface area contributed by atoms with Gasteiger partial charge in [0.05, 0.1) is 36.2 Å². The molecule has 0 bridgehead atoms. The molecule has 0 heterocycles. The fraction of sp³-hybridized carbons (Fsp3) is 0.381. The Morgan fingerprint density at radius 1 is 1.06 bits per heavy atom. The summed E-state index contributed by atoms with van der Waals surface area (Å²) in [5.74, 6) is 1.00. The van der Waals surface area contributed by atoms with Crippen LogP contribution in [0.1, 0.15) is 25.3 Å². The zero-order valence-electron chi connectivity index (χ0n) is 17.7. The number of methoxy groups -OCH3 is 2. The molecule has 10 heteroatoms. The SMILES string of the molecule is CCCCNS(=O)(=O)c1ccc(OCC(=O)NCc2c(OC)cccc2OC)c(Cl)c1. The Morgan fingerprint density at radius 3 is 2.32 bits per heavy atom. The molecule has 0 aliphatic heterocycles. The van der Waals surface area contributed by atoms with Crippen LogP contribution in [0.5, 0.6) is 17.2 Å². The summed E-state index contributed by atoms with van der Waals surface area (Å²) in [5, 5.41) is 2.82. The van der Waals surface area contributed by atoms with E-state index in [1.807, 2.05) is 6.92 Å². The molecule has 0 spiro atoms. The summed E-state index contributed by atoms with van der Waals surface area (Å²) >= 11 is 6.15. The van der Waals surface area contributed by atoms with Crippen molar-refractivity contribution >= 4 is 27.5 Å². The predicted molar refractivity (Wildman–Crippen MR) is 118 cm³/mol. The van der Waals surface area contributed by atoms with E-state index in [2.05, 4.69) is 10.0 Å². The van der Waals surface area contributed by atoms with Gasteiger partial charge in [-0.15, -0.1) is 0 Å². The summed E-state index contributed by atoms with van der Waals surface area (Å²) < 4.78 is 43.1. The summed E-state index contributed by atoms with van der Waals surface area (Å²) in [4.78, 5) is 12.2. The van der Waals surface area contributed by atoms with Crippen molar-refractivity contribution in [2.24, 2.45) is 0 Å². The second kappa shape index (κ2) is 11.8. The van der Waals surface area contributed by atoms with Gasteiger partial charge in [0.15, 0.2) is 6.61 Å². The molecule has 170 valence electrons. The van der Waals surface area contributed by atoms with Gasteiger partial charge in [-0.3, -0.25) is 4.79 Å². The molecule has 0 saturated carbocycles. The maximum absolute atomic E-state index is 12.3. The van der Waals surface area contributed by atoms with E-state index in [1.165, 1.54) is 32.4 Å². The van der Waals surface area contributed by atoms with Crippen LogP contribution in [0.2, 0.25) is 5.02 Å². The Bertz CT molecular complexity index is 975. The topological polar surface area (TPSA) is 103 Å². The zero-order valence-corrected chi connectivity index (χ0v) is 19.3. The van der Waals surface area contributed by atoms with E-state index in [9.17, 15) is 13.2 Å². The monoisotopic (exact) mass is 470 g/mol. The van der Waals surface area contributed by atoms with Crippen LogP contribution in [0, 0.1) is 0 Å². The largest absolute Gasteiger partial charge is 0.496 e. The Hall–Kier alpha value is -2.49. The molecule has 2 N–H and O–H groups in total. The van der Waals surface area contributed by atoms with Crippen molar-refractivity contribution in [3.63, 3.8) is 0 Å². The van der Waals surface area contributed by atoms with E-state index in [0.29, 0.717) is 23.6 Å². The number of benzene rings is 2. The molecule has 0 aliphatic rings. The van der Waals surface area contributed by atoms with Crippen LogP contribution >= 0.6 is 11.6 Å². The van der Waals surface area contributed by atoms with Gasteiger partial charge in [0, 0.05) is 6.54 Å². The molecule has 8 nitrogen and oxygen atoms in total. The van der Waals surface area contributed by atoms with Crippen LogP contribution in [-0.2, 0) is 21.4 Å². The summed E-state index contributed by atoms with van der Waals surface area (Å²) in [5.41, 5.74) is 0.698. The number of hydrogen-bond acceptors (Lipinski definition) is 6. The lowest BCUT2D eigenvalue weighted by atomic mass is 10.1. The van der Waals surface area contributed by atoms with Gasteiger partial charge in [-0.2, -0.15) is 0 Å². The maximum Gasteiger partial charge on any atom is 0.258 e. The summed E-state index contributed by atoms with van der Waals surface area (Å²) in [6.45, 7) is 2.22. The van der Waals surface area contributed by atoms with Gasteiger partial charge in [0.25, 0.3) is 5.91 Å². The van der Waals surface area contributed by atoms with Crippen molar-refractivity contribution in [2.75, 3.05) is 27.4 Å². The molecule has 0 radical (unpaired) electrons. The minimum absolute atomic E-state index is 0.0358. The summed E-state index contributed by atoms with van der Waals surface area (Å²) in [6.07, 6.45) is 1.62.